The van der Waals surface area contributed by atoms with Crippen molar-refractivity contribution in [2.75, 3.05) is 19.0 Å². The zero-order valence-corrected chi connectivity index (χ0v) is 12.3. The molecule has 21 heavy (non-hydrogen) atoms. The van der Waals surface area contributed by atoms with Gasteiger partial charge in [0.25, 0.3) is 5.69 Å². The molecule has 9 nitrogen and oxygen atoms in total. The van der Waals surface area contributed by atoms with Crippen molar-refractivity contribution in [3.8, 4) is 6.07 Å². The molecule has 0 amide bonds. The maximum atomic E-state index is 12.4. The van der Waals surface area contributed by atoms with Crippen LogP contribution in [0, 0.1) is 27.4 Å². The van der Waals surface area contributed by atoms with E-state index in [9.17, 15) is 18.5 Å². The van der Waals surface area contributed by atoms with Crippen LogP contribution in [0.2, 0.25) is 0 Å². The number of rotatable bonds is 6. The molecule has 0 aliphatic carbocycles. The molecule has 1 unspecified atom stereocenters. The predicted octanol–water partition coefficient (Wildman–Crippen LogP) is 0.661. The van der Waals surface area contributed by atoms with Gasteiger partial charge in [-0.1, -0.05) is 0 Å². The summed E-state index contributed by atoms with van der Waals surface area (Å²) in [6, 6.07) is 5.16. The number of hydrogen-bond donors (Lipinski definition) is 2. The average molecular weight is 313 g/mol. The van der Waals surface area contributed by atoms with Crippen LogP contribution in [0.5, 0.6) is 0 Å². The smallest absolute Gasteiger partial charge is 0.271 e. The van der Waals surface area contributed by atoms with Crippen LogP contribution in [0.3, 0.4) is 0 Å². The fourth-order valence-corrected chi connectivity index (χ4v) is 3.05. The van der Waals surface area contributed by atoms with Crippen molar-refractivity contribution < 1.29 is 13.3 Å². The van der Waals surface area contributed by atoms with E-state index in [0.29, 0.717) is 0 Å². The lowest BCUT2D eigenvalue weighted by molar-refractivity contribution is -0.384. The summed E-state index contributed by atoms with van der Waals surface area (Å²) < 4.78 is 25.8. The maximum Gasteiger partial charge on any atom is 0.271 e. The lowest BCUT2D eigenvalue weighted by atomic mass is 10.2. The van der Waals surface area contributed by atoms with Crippen molar-refractivity contribution in [3.63, 3.8) is 0 Å². The molecule has 0 aliphatic rings. The third-order valence-corrected chi connectivity index (χ3v) is 4.65. The number of nitrogens with zero attached hydrogens (tertiary/aromatic N) is 3. The molecule has 0 radical (unpaired) electrons. The van der Waals surface area contributed by atoms with E-state index in [0.717, 1.165) is 22.5 Å². The Morgan fingerprint density at radius 2 is 2.19 bits per heavy atom. The molecule has 3 N–H and O–H groups in total. The maximum absolute atomic E-state index is 12.4. The van der Waals surface area contributed by atoms with Crippen molar-refractivity contribution in [2.24, 2.45) is 11.8 Å². The van der Waals surface area contributed by atoms with Crippen LogP contribution in [0.4, 0.5) is 11.4 Å². The summed E-state index contributed by atoms with van der Waals surface area (Å²) in [7, 11) is -2.59. The molecule has 114 valence electrons. The highest BCUT2D eigenvalue weighted by atomic mass is 32.2. The lowest BCUT2D eigenvalue weighted by Gasteiger charge is -2.19. The standard InChI is InChI=1S/C11H15N5O4S/c1-8(6-12)7-15(2)21(19,20)11-4-3-9(16(17)18)5-10(11)14-13/h3-5,8,14H,7,13H2,1-2H3. The minimum atomic E-state index is -3.91. The van der Waals surface area contributed by atoms with Gasteiger partial charge in [-0.2, -0.15) is 9.57 Å². The fraction of sp³-hybridized carbons (Fsp3) is 0.364. The Labute approximate surface area is 122 Å². The van der Waals surface area contributed by atoms with Crippen LogP contribution < -0.4 is 11.3 Å². The average Bonchev–Trinajstić information content (AvgIpc) is 2.45. The summed E-state index contributed by atoms with van der Waals surface area (Å²) in [5.41, 5.74) is 1.78. The second-order valence-electron chi connectivity index (χ2n) is 4.40. The molecule has 0 heterocycles. The molecule has 0 saturated carbocycles. The van der Waals surface area contributed by atoms with Gasteiger partial charge >= 0.3 is 0 Å². The second kappa shape index (κ2) is 6.49. The zero-order valence-electron chi connectivity index (χ0n) is 11.5. The van der Waals surface area contributed by atoms with Crippen molar-refractivity contribution in [3.05, 3.63) is 28.3 Å². The van der Waals surface area contributed by atoms with E-state index in [1.165, 1.54) is 7.05 Å². The normalized spacial score (nSPS) is 12.7. The molecular formula is C11H15N5O4S. The van der Waals surface area contributed by atoms with E-state index in [1.807, 2.05) is 6.07 Å². The van der Waals surface area contributed by atoms with E-state index in [4.69, 9.17) is 11.1 Å². The first kappa shape index (κ1) is 16.8. The van der Waals surface area contributed by atoms with Gasteiger partial charge in [0.2, 0.25) is 10.0 Å². The Morgan fingerprint density at radius 1 is 1.57 bits per heavy atom. The van der Waals surface area contributed by atoms with Crippen molar-refractivity contribution in [2.45, 2.75) is 11.8 Å². The lowest BCUT2D eigenvalue weighted by Crippen LogP contribution is -2.31. The summed E-state index contributed by atoms with van der Waals surface area (Å²) in [6.45, 7) is 1.59. The molecule has 1 atom stereocenters. The second-order valence-corrected chi connectivity index (χ2v) is 6.41. The quantitative estimate of drug-likeness (QED) is 0.446. The molecule has 0 saturated heterocycles. The number of nitro benzene ring substituents is 1. The Hall–Kier alpha value is -2.22. The molecule has 1 rings (SSSR count). The van der Waals surface area contributed by atoms with Crippen LogP contribution in [-0.2, 0) is 10.0 Å². The number of hydrazine groups is 1. The van der Waals surface area contributed by atoms with Crippen molar-refractivity contribution in [1.29, 1.82) is 5.26 Å². The summed E-state index contributed by atoms with van der Waals surface area (Å²) >= 11 is 0. The van der Waals surface area contributed by atoms with Gasteiger partial charge < -0.3 is 5.43 Å². The predicted molar refractivity (Wildman–Crippen MR) is 75.5 cm³/mol. The highest BCUT2D eigenvalue weighted by Gasteiger charge is 2.26. The summed E-state index contributed by atoms with van der Waals surface area (Å²) in [5, 5.41) is 19.4. The van der Waals surface area contributed by atoms with Gasteiger partial charge in [-0.3, -0.25) is 16.0 Å². The van der Waals surface area contributed by atoms with Crippen LogP contribution in [0.15, 0.2) is 23.1 Å². The van der Waals surface area contributed by atoms with Gasteiger partial charge in [0.05, 0.1) is 22.6 Å². The number of nitrogen functional groups attached to an aromatic ring is 1. The number of non-ortho nitro benzene ring substituents is 1. The molecular weight excluding hydrogens is 298 g/mol. The van der Waals surface area contributed by atoms with Gasteiger partial charge in [0, 0.05) is 25.7 Å². The number of anilines is 1. The van der Waals surface area contributed by atoms with Crippen LogP contribution >= 0.6 is 0 Å². The van der Waals surface area contributed by atoms with Crippen LogP contribution in [0.1, 0.15) is 6.92 Å². The van der Waals surface area contributed by atoms with Gasteiger partial charge in [-0.05, 0) is 13.0 Å². The molecule has 0 aliphatic heterocycles. The van der Waals surface area contributed by atoms with Crippen molar-refractivity contribution in [1.82, 2.24) is 4.31 Å². The highest BCUT2D eigenvalue weighted by Crippen LogP contribution is 2.28. The Morgan fingerprint density at radius 3 is 2.67 bits per heavy atom. The number of nitriles is 1. The number of hydrogen-bond acceptors (Lipinski definition) is 7. The van der Waals surface area contributed by atoms with Crippen LogP contribution in [-0.4, -0.2) is 31.2 Å². The fourth-order valence-electron chi connectivity index (χ4n) is 1.66. The highest BCUT2D eigenvalue weighted by molar-refractivity contribution is 7.89. The number of nitro groups is 1. The molecule has 1 aromatic carbocycles. The summed E-state index contributed by atoms with van der Waals surface area (Å²) in [4.78, 5) is 9.84. The first-order chi connectivity index (χ1) is 9.73. The largest absolute Gasteiger partial charge is 0.323 e. The third kappa shape index (κ3) is 3.66. The topological polar surface area (TPSA) is 142 Å². The SMILES string of the molecule is CC(C#N)CN(C)S(=O)(=O)c1ccc([N+](=O)[O-])cc1NN. The summed E-state index contributed by atoms with van der Waals surface area (Å²) in [6.07, 6.45) is 0. The van der Waals surface area contributed by atoms with E-state index in [2.05, 4.69) is 5.43 Å². The molecule has 10 heteroatoms. The molecule has 1 aromatic rings. The summed E-state index contributed by atoms with van der Waals surface area (Å²) in [5.74, 6) is 4.75. The number of sulfonamides is 1. The van der Waals surface area contributed by atoms with Gasteiger partial charge in [-0.25, -0.2) is 8.42 Å². The number of benzene rings is 1. The Kier molecular flexibility index (Phi) is 5.20. The Bertz CT molecular complexity index is 682. The van der Waals surface area contributed by atoms with Crippen LogP contribution in [0.25, 0.3) is 0 Å². The van der Waals surface area contributed by atoms with Gasteiger partial charge in [0.1, 0.15) is 4.90 Å². The monoisotopic (exact) mass is 313 g/mol. The first-order valence-corrected chi connectivity index (χ1v) is 7.29. The van der Waals surface area contributed by atoms with E-state index in [-0.39, 0.29) is 22.8 Å². The first-order valence-electron chi connectivity index (χ1n) is 5.85. The third-order valence-electron chi connectivity index (χ3n) is 2.77. The minimum Gasteiger partial charge on any atom is -0.323 e. The molecule has 0 spiro atoms. The Balaban J connectivity index is 3.25. The minimum absolute atomic E-state index is 0.000166. The molecule has 0 aromatic heterocycles. The van der Waals surface area contributed by atoms with E-state index < -0.39 is 20.9 Å². The van der Waals surface area contributed by atoms with E-state index >= 15 is 0 Å². The number of nitrogens with one attached hydrogen (secondary N) is 1. The molecule has 0 fully saturated rings. The molecule has 0 bridgehead atoms. The van der Waals surface area contributed by atoms with Crippen molar-refractivity contribution >= 4 is 21.4 Å². The van der Waals surface area contributed by atoms with Gasteiger partial charge in [-0.15, -0.1) is 0 Å². The van der Waals surface area contributed by atoms with E-state index in [1.54, 1.807) is 6.92 Å². The number of nitrogens with two attached hydrogens (primary N) is 1. The van der Waals surface area contributed by atoms with Gasteiger partial charge in [0.15, 0.2) is 0 Å². The zero-order chi connectivity index (χ0) is 16.2.